The molecule has 3 heterocycles. The molecule has 0 saturated carbocycles. The second kappa shape index (κ2) is 6.42. The summed E-state index contributed by atoms with van der Waals surface area (Å²) >= 11 is 3.58. The maximum Gasteiger partial charge on any atom is 0.235 e. The van der Waals surface area contributed by atoms with E-state index in [2.05, 4.69) is 46.5 Å². The Balaban J connectivity index is 1.89. The van der Waals surface area contributed by atoms with Crippen LogP contribution < -0.4 is 4.74 Å². The molecule has 1 aromatic carbocycles. The standard InChI is InChI=1S/C19H20BrN3O2/c1-11-4-5-12(2)23(11)19-21-13(3)16-8-14(20)9-17(18(16)22-19)25-15-6-7-24-10-15/h4-5,8-9,15H,6-7,10H2,1-3H3. The molecule has 5 nitrogen and oxygen atoms in total. The van der Waals surface area contributed by atoms with Gasteiger partial charge in [0.1, 0.15) is 17.4 Å². The summed E-state index contributed by atoms with van der Waals surface area (Å²) in [5.74, 6) is 1.45. The van der Waals surface area contributed by atoms with Gasteiger partial charge in [-0.1, -0.05) is 15.9 Å². The van der Waals surface area contributed by atoms with Crippen LogP contribution in [0.3, 0.4) is 0 Å². The molecule has 1 fully saturated rings. The molecule has 0 aliphatic carbocycles. The van der Waals surface area contributed by atoms with Gasteiger partial charge in [0.25, 0.3) is 0 Å². The van der Waals surface area contributed by atoms with E-state index in [4.69, 9.17) is 19.4 Å². The Morgan fingerprint density at radius 3 is 2.60 bits per heavy atom. The van der Waals surface area contributed by atoms with Crippen LogP contribution in [0.5, 0.6) is 5.75 Å². The fourth-order valence-electron chi connectivity index (χ4n) is 3.26. The Labute approximate surface area is 155 Å². The third-order valence-electron chi connectivity index (χ3n) is 4.56. The number of halogens is 1. The number of nitrogens with zero attached hydrogens (tertiary/aromatic N) is 3. The zero-order chi connectivity index (χ0) is 17.6. The maximum absolute atomic E-state index is 6.20. The summed E-state index contributed by atoms with van der Waals surface area (Å²) in [6.45, 7) is 7.50. The van der Waals surface area contributed by atoms with Gasteiger partial charge in [0.15, 0.2) is 0 Å². The fourth-order valence-corrected chi connectivity index (χ4v) is 3.70. The summed E-state index contributed by atoms with van der Waals surface area (Å²) in [7, 11) is 0. The molecule has 3 aromatic rings. The quantitative estimate of drug-likeness (QED) is 0.657. The van der Waals surface area contributed by atoms with E-state index < -0.39 is 0 Å². The Hall–Kier alpha value is -1.92. The van der Waals surface area contributed by atoms with Crippen LogP contribution in [-0.4, -0.2) is 33.9 Å². The summed E-state index contributed by atoms with van der Waals surface area (Å²) < 4.78 is 14.7. The first-order valence-corrected chi connectivity index (χ1v) is 9.20. The molecular weight excluding hydrogens is 382 g/mol. The van der Waals surface area contributed by atoms with Crippen molar-refractivity contribution in [2.24, 2.45) is 0 Å². The Kier molecular flexibility index (Phi) is 4.25. The van der Waals surface area contributed by atoms with Crippen LogP contribution in [0.1, 0.15) is 23.5 Å². The number of ether oxygens (including phenoxy) is 2. The lowest BCUT2D eigenvalue weighted by Crippen LogP contribution is -2.16. The van der Waals surface area contributed by atoms with Gasteiger partial charge in [0.2, 0.25) is 5.95 Å². The largest absolute Gasteiger partial charge is 0.486 e. The normalized spacial score (nSPS) is 17.4. The minimum atomic E-state index is 0.0753. The third kappa shape index (κ3) is 3.04. The van der Waals surface area contributed by atoms with Crippen molar-refractivity contribution in [1.29, 1.82) is 0 Å². The lowest BCUT2D eigenvalue weighted by molar-refractivity contribution is 0.142. The maximum atomic E-state index is 6.20. The van der Waals surface area contributed by atoms with E-state index in [0.29, 0.717) is 12.6 Å². The average Bonchev–Trinajstić information content (AvgIpc) is 3.18. The zero-order valence-electron chi connectivity index (χ0n) is 14.5. The number of aryl methyl sites for hydroxylation is 3. The van der Waals surface area contributed by atoms with Crippen molar-refractivity contribution >= 4 is 26.8 Å². The Bertz CT molecular complexity index is 926. The van der Waals surface area contributed by atoms with Crippen LogP contribution in [0.2, 0.25) is 0 Å². The molecule has 130 valence electrons. The molecule has 0 bridgehead atoms. The van der Waals surface area contributed by atoms with Crippen molar-refractivity contribution < 1.29 is 9.47 Å². The van der Waals surface area contributed by atoms with E-state index in [1.165, 1.54) is 0 Å². The van der Waals surface area contributed by atoms with Crippen molar-refractivity contribution in [3.05, 3.63) is 45.8 Å². The van der Waals surface area contributed by atoms with E-state index in [1.54, 1.807) is 0 Å². The van der Waals surface area contributed by atoms with Crippen LogP contribution in [0.15, 0.2) is 28.7 Å². The van der Waals surface area contributed by atoms with Gasteiger partial charge in [-0.2, -0.15) is 0 Å². The van der Waals surface area contributed by atoms with E-state index in [-0.39, 0.29) is 6.10 Å². The second-order valence-electron chi connectivity index (χ2n) is 6.46. The van der Waals surface area contributed by atoms with Crippen molar-refractivity contribution in [3.63, 3.8) is 0 Å². The summed E-state index contributed by atoms with van der Waals surface area (Å²) in [6, 6.07) is 8.17. The van der Waals surface area contributed by atoms with Crippen molar-refractivity contribution in [1.82, 2.24) is 14.5 Å². The second-order valence-corrected chi connectivity index (χ2v) is 7.38. The van der Waals surface area contributed by atoms with Gasteiger partial charge in [-0.15, -0.1) is 0 Å². The molecule has 1 atom stereocenters. The number of aromatic nitrogens is 3. The zero-order valence-corrected chi connectivity index (χ0v) is 16.1. The molecule has 1 unspecified atom stereocenters. The molecule has 4 rings (SSSR count). The molecular formula is C19H20BrN3O2. The highest BCUT2D eigenvalue weighted by molar-refractivity contribution is 9.10. The molecule has 0 amide bonds. The fraction of sp³-hybridized carbons (Fsp3) is 0.368. The Morgan fingerprint density at radius 1 is 1.16 bits per heavy atom. The topological polar surface area (TPSA) is 49.2 Å². The molecule has 1 aliphatic rings. The van der Waals surface area contributed by atoms with E-state index in [9.17, 15) is 0 Å². The number of hydrogen-bond acceptors (Lipinski definition) is 4. The number of fused-ring (bicyclic) bond motifs is 1. The monoisotopic (exact) mass is 401 g/mol. The summed E-state index contributed by atoms with van der Waals surface area (Å²) in [5.41, 5.74) is 3.99. The number of hydrogen-bond donors (Lipinski definition) is 0. The average molecular weight is 402 g/mol. The van der Waals surface area contributed by atoms with Crippen molar-refractivity contribution in [2.45, 2.75) is 33.3 Å². The molecule has 0 radical (unpaired) electrons. The number of benzene rings is 1. The van der Waals surface area contributed by atoms with E-state index >= 15 is 0 Å². The van der Waals surface area contributed by atoms with E-state index in [0.717, 1.165) is 51.2 Å². The van der Waals surface area contributed by atoms with Crippen LogP contribution in [-0.2, 0) is 4.74 Å². The number of rotatable bonds is 3. The van der Waals surface area contributed by atoms with Crippen molar-refractivity contribution in [3.8, 4) is 11.7 Å². The molecule has 1 aliphatic heterocycles. The molecule has 6 heteroatoms. The first kappa shape index (κ1) is 16.5. The van der Waals surface area contributed by atoms with Gasteiger partial charge in [-0.25, -0.2) is 9.97 Å². The highest BCUT2D eigenvalue weighted by Crippen LogP contribution is 2.32. The van der Waals surface area contributed by atoms with Crippen LogP contribution in [0.25, 0.3) is 16.9 Å². The highest BCUT2D eigenvalue weighted by atomic mass is 79.9. The first-order valence-electron chi connectivity index (χ1n) is 8.40. The molecule has 0 spiro atoms. The van der Waals surface area contributed by atoms with Gasteiger partial charge in [0.05, 0.1) is 18.9 Å². The predicted molar refractivity (Wildman–Crippen MR) is 101 cm³/mol. The van der Waals surface area contributed by atoms with Gasteiger partial charge in [-0.05, 0) is 45.0 Å². The smallest absolute Gasteiger partial charge is 0.235 e. The summed E-state index contributed by atoms with van der Waals surface area (Å²) in [5, 5.41) is 0.995. The lowest BCUT2D eigenvalue weighted by Gasteiger charge is -2.16. The minimum absolute atomic E-state index is 0.0753. The van der Waals surface area contributed by atoms with Crippen LogP contribution in [0, 0.1) is 20.8 Å². The molecule has 2 aromatic heterocycles. The van der Waals surface area contributed by atoms with Gasteiger partial charge >= 0.3 is 0 Å². The first-order chi connectivity index (χ1) is 12.0. The minimum Gasteiger partial charge on any atom is -0.486 e. The molecule has 0 N–H and O–H groups in total. The summed E-state index contributed by atoms with van der Waals surface area (Å²) in [6.07, 6.45) is 0.979. The van der Waals surface area contributed by atoms with Gasteiger partial charge < -0.3 is 9.47 Å². The predicted octanol–water partition coefficient (Wildman–Crippen LogP) is 4.28. The third-order valence-corrected chi connectivity index (χ3v) is 5.02. The highest BCUT2D eigenvalue weighted by Gasteiger charge is 2.20. The lowest BCUT2D eigenvalue weighted by atomic mass is 10.2. The Morgan fingerprint density at radius 2 is 1.92 bits per heavy atom. The van der Waals surface area contributed by atoms with Gasteiger partial charge in [-0.3, -0.25) is 4.57 Å². The summed E-state index contributed by atoms with van der Waals surface area (Å²) in [4.78, 5) is 9.58. The van der Waals surface area contributed by atoms with Crippen LogP contribution >= 0.6 is 15.9 Å². The molecule has 1 saturated heterocycles. The van der Waals surface area contributed by atoms with E-state index in [1.807, 2.05) is 19.1 Å². The SMILES string of the molecule is Cc1nc(-n2c(C)ccc2C)nc2c(OC3CCOC3)cc(Br)cc12. The van der Waals surface area contributed by atoms with Gasteiger partial charge in [0, 0.05) is 27.7 Å². The molecule has 25 heavy (non-hydrogen) atoms. The van der Waals surface area contributed by atoms with Crippen molar-refractivity contribution in [2.75, 3.05) is 13.2 Å². The van der Waals surface area contributed by atoms with Crippen LogP contribution in [0.4, 0.5) is 0 Å².